The van der Waals surface area contributed by atoms with Gasteiger partial charge in [0.1, 0.15) is 53.6 Å². The maximum Gasteiger partial charge on any atom is 0.417 e. The summed E-state index contributed by atoms with van der Waals surface area (Å²) in [5.74, 6) is -10.9. The minimum Gasteiger partial charge on any atom is -0.343 e. The maximum atomic E-state index is 15.5. The van der Waals surface area contributed by atoms with Gasteiger partial charge in [0, 0.05) is 75.4 Å². The summed E-state index contributed by atoms with van der Waals surface area (Å²) in [6.45, 7) is 9.25. The zero-order valence-electron chi connectivity index (χ0n) is 59.5. The minimum atomic E-state index is -4.79. The van der Waals surface area contributed by atoms with Gasteiger partial charge in [-0.05, 0) is 111 Å². The molecule has 1 saturated carbocycles. The van der Waals surface area contributed by atoms with Crippen LogP contribution in [0.25, 0.3) is 0 Å². The lowest BCUT2D eigenvalue weighted by atomic mass is 9.91. The molecule has 3 N–H and O–H groups in total. The summed E-state index contributed by atoms with van der Waals surface area (Å²) < 4.78 is 57.0. The number of likely N-dealkylation sites (N-methyl/N-ethyl adjacent to an activating group) is 7. The summed E-state index contributed by atoms with van der Waals surface area (Å²) >= 11 is 6.12. The van der Waals surface area contributed by atoms with Crippen molar-refractivity contribution >= 4 is 82.5 Å². The van der Waals surface area contributed by atoms with Gasteiger partial charge in [0.2, 0.25) is 70.9 Å². The van der Waals surface area contributed by atoms with Gasteiger partial charge >= 0.3 is 6.18 Å². The lowest BCUT2D eigenvalue weighted by molar-refractivity contribution is -0.156. The number of benzene rings is 2. The number of piperidine rings is 1. The third kappa shape index (κ3) is 20.0. The topological polar surface area (TPSA) is 270 Å². The van der Waals surface area contributed by atoms with E-state index in [4.69, 9.17) is 11.6 Å². The van der Waals surface area contributed by atoms with Gasteiger partial charge in [-0.15, -0.1) is 0 Å². The van der Waals surface area contributed by atoms with Crippen molar-refractivity contribution in [2.45, 2.75) is 192 Å². The van der Waals surface area contributed by atoms with Crippen molar-refractivity contribution in [3.05, 3.63) is 70.0 Å². The number of halogens is 5. The predicted molar refractivity (Wildman–Crippen MR) is 361 cm³/mol. The maximum absolute atomic E-state index is 15.5. The van der Waals surface area contributed by atoms with E-state index in [1.165, 1.54) is 93.2 Å². The normalized spacial score (nSPS) is 24.9. The molecule has 3 heterocycles. The highest BCUT2D eigenvalue weighted by Crippen LogP contribution is 2.37. The van der Waals surface area contributed by atoms with E-state index in [0.717, 1.165) is 44.2 Å². The first kappa shape index (κ1) is 80.1. The molecular weight excluding hydrogens is 1310 g/mol. The van der Waals surface area contributed by atoms with Crippen LogP contribution in [0, 0.1) is 23.6 Å². The number of hydrogen-bond donors (Lipinski definition) is 3. The standard InChI is InChI=1S/C70H101ClF4N12O12/c1-14-44(6)59-66(97)81(9)40-57(90)79(7)41-58(91)83(11)53(37-46-23-16-17-24-49(46)72)64(95)80(8)39-55(88)76-50(29-27-45-26-28-47(48(71)36-45)70(73,74)75)63(94)87-34-22-25-51(87)62(93)78-69(30-18-19-31-69)68(99)85(13)60(43(4)5)67(98)84(12)54(65(96)86-32-20-15-21-33-86)38-56(89)82(10)52(35-42(2)3)61(92)77-59/h16-17,23-24,26,28,36,42-44,50-54,59-60H,14-15,18-22,25,27,29-35,37-41H2,1-13H3,(H,76,88)(H,77,92)(H,78,93)/t44-,50-,51?,52-,53-,54-,59-,60-/m0/s1. The summed E-state index contributed by atoms with van der Waals surface area (Å²) in [4.78, 5) is 188. The van der Waals surface area contributed by atoms with Crippen LogP contribution >= 0.6 is 11.6 Å². The van der Waals surface area contributed by atoms with Crippen LogP contribution in [-0.2, 0) is 76.6 Å². The lowest BCUT2D eigenvalue weighted by Crippen LogP contribution is -2.65. The van der Waals surface area contributed by atoms with Crippen LogP contribution < -0.4 is 16.0 Å². The molecule has 2 aromatic carbocycles. The molecule has 24 nitrogen and oxygen atoms in total. The average Bonchev–Trinajstić information content (AvgIpc) is 1.71. The number of fused-ring (bicyclic) bond motifs is 1. The third-order valence-electron chi connectivity index (χ3n) is 20.0. The number of likely N-dealkylation sites (tertiary alicyclic amines) is 1. The molecule has 0 bridgehead atoms. The Kier molecular flexibility index (Phi) is 28.2. The second-order valence-electron chi connectivity index (χ2n) is 28.1. The van der Waals surface area contributed by atoms with Gasteiger partial charge in [-0.1, -0.05) is 96.7 Å². The van der Waals surface area contributed by atoms with E-state index in [9.17, 15) is 56.3 Å². The van der Waals surface area contributed by atoms with Crippen molar-refractivity contribution in [3.63, 3.8) is 0 Å². The molecule has 1 spiro atoms. The van der Waals surface area contributed by atoms with Gasteiger partial charge in [0.05, 0.1) is 36.6 Å². The van der Waals surface area contributed by atoms with Crippen LogP contribution in [0.15, 0.2) is 42.5 Å². The van der Waals surface area contributed by atoms with Gasteiger partial charge in [-0.25, -0.2) is 4.39 Å². The number of amides is 12. The Morgan fingerprint density at radius 1 is 0.657 bits per heavy atom. The first-order valence-corrected chi connectivity index (χ1v) is 34.7. The molecule has 99 heavy (non-hydrogen) atoms. The monoisotopic (exact) mass is 1410 g/mol. The fourth-order valence-corrected chi connectivity index (χ4v) is 14.0. The Morgan fingerprint density at radius 3 is 1.87 bits per heavy atom. The largest absolute Gasteiger partial charge is 0.417 e. The second-order valence-corrected chi connectivity index (χ2v) is 28.5. The molecule has 8 atom stereocenters. The Bertz CT molecular complexity index is 3290. The van der Waals surface area contributed by atoms with E-state index in [0.29, 0.717) is 45.2 Å². The van der Waals surface area contributed by atoms with Crippen LogP contribution in [0.3, 0.4) is 0 Å². The molecule has 6 rings (SSSR count). The Labute approximate surface area is 583 Å². The van der Waals surface area contributed by atoms with Crippen molar-refractivity contribution in [1.29, 1.82) is 0 Å². The fraction of sp³-hybridized carbons (Fsp3) is 0.657. The molecule has 548 valence electrons. The molecule has 3 aliphatic heterocycles. The summed E-state index contributed by atoms with van der Waals surface area (Å²) in [6, 6.07) is -0.938. The SMILES string of the molecule is CC[C@H](C)[C@@H]1NC(=O)[C@H](CC(C)C)N(C)C(=O)C[C@@H](C(=O)N2CCCCC2)N(C)C(=O)[C@H](C(C)C)N(C)C(=O)C2(CCCC2)NC(=O)C2CCCN2C(=O)[C@H](CCc2ccc(C(F)(F)F)c(Cl)c2)NC(=O)CN(C)C(=O)[C@H](Cc2ccccc2F)N(C)C(=O)CN(C)C(=O)CN(C)C1=O. The van der Waals surface area contributed by atoms with E-state index < -0.39 is 186 Å². The quantitative estimate of drug-likeness (QED) is 0.253. The van der Waals surface area contributed by atoms with Crippen molar-refractivity contribution in [2.24, 2.45) is 17.8 Å². The van der Waals surface area contributed by atoms with E-state index >= 15 is 18.8 Å². The number of alkyl halides is 3. The summed E-state index contributed by atoms with van der Waals surface area (Å²) in [5.41, 5.74) is -2.46. The van der Waals surface area contributed by atoms with Gasteiger partial charge in [0.15, 0.2) is 0 Å². The summed E-state index contributed by atoms with van der Waals surface area (Å²) in [7, 11) is 9.33. The van der Waals surface area contributed by atoms with Gasteiger partial charge in [0.25, 0.3) is 0 Å². The van der Waals surface area contributed by atoms with Crippen molar-refractivity contribution in [3.8, 4) is 0 Å². The second kappa shape index (κ2) is 34.9. The number of nitrogens with one attached hydrogen (secondary N) is 3. The molecular formula is C70H101ClF4N12O12. The zero-order valence-corrected chi connectivity index (χ0v) is 60.2. The van der Waals surface area contributed by atoms with E-state index in [-0.39, 0.29) is 68.5 Å². The molecule has 4 aliphatic rings. The molecule has 0 aromatic heterocycles. The molecule has 29 heteroatoms. The Balaban J connectivity index is 1.43. The molecule has 12 amide bonds. The average molecular weight is 1410 g/mol. The van der Waals surface area contributed by atoms with Crippen LogP contribution in [0.2, 0.25) is 5.02 Å². The first-order chi connectivity index (χ1) is 46.4. The first-order valence-electron chi connectivity index (χ1n) is 34.3. The highest BCUT2D eigenvalue weighted by molar-refractivity contribution is 6.31. The van der Waals surface area contributed by atoms with E-state index in [1.54, 1.807) is 32.6 Å². The highest BCUT2D eigenvalue weighted by atomic mass is 35.5. The predicted octanol–water partition coefficient (Wildman–Crippen LogP) is 4.91. The van der Waals surface area contributed by atoms with Crippen LogP contribution in [0.1, 0.15) is 142 Å². The summed E-state index contributed by atoms with van der Waals surface area (Å²) in [6.07, 6.45) is -1.98. The molecule has 4 fully saturated rings. The van der Waals surface area contributed by atoms with Gasteiger partial charge < -0.3 is 60.0 Å². The number of rotatable bonds is 11. The van der Waals surface area contributed by atoms with Crippen LogP contribution in [0.5, 0.6) is 0 Å². The summed E-state index contributed by atoms with van der Waals surface area (Å²) in [5, 5.41) is 7.90. The molecule has 0 radical (unpaired) electrons. The smallest absolute Gasteiger partial charge is 0.343 e. The number of nitrogens with zero attached hydrogens (tertiary/aromatic N) is 9. The number of carbonyl (C=O) groups excluding carboxylic acids is 12. The van der Waals surface area contributed by atoms with Crippen LogP contribution in [-0.4, -0.2) is 251 Å². The Hall–Kier alpha value is -7.91. The minimum absolute atomic E-state index is 0.00771. The third-order valence-corrected chi connectivity index (χ3v) is 20.3. The number of hydrogen-bond acceptors (Lipinski definition) is 12. The van der Waals surface area contributed by atoms with Crippen molar-refractivity contribution in [1.82, 2.24) is 60.0 Å². The van der Waals surface area contributed by atoms with Crippen molar-refractivity contribution in [2.75, 3.05) is 88.6 Å². The molecule has 3 saturated heterocycles. The van der Waals surface area contributed by atoms with E-state index in [1.807, 2.05) is 13.8 Å². The fourth-order valence-electron chi connectivity index (χ4n) is 13.7. The molecule has 2 aromatic rings. The molecule has 1 unspecified atom stereocenters. The van der Waals surface area contributed by atoms with E-state index in [2.05, 4.69) is 16.0 Å². The van der Waals surface area contributed by atoms with Crippen LogP contribution in [0.4, 0.5) is 17.6 Å². The number of carbonyl (C=O) groups is 12. The lowest BCUT2D eigenvalue weighted by Gasteiger charge is -2.42. The molecule has 1 aliphatic carbocycles. The van der Waals surface area contributed by atoms with Gasteiger partial charge in [-0.2, -0.15) is 13.2 Å². The van der Waals surface area contributed by atoms with Crippen molar-refractivity contribution < 1.29 is 75.1 Å². The Morgan fingerprint density at radius 2 is 1.27 bits per heavy atom. The zero-order chi connectivity index (χ0) is 73.7. The number of aryl methyl sites for hydroxylation is 1. The highest BCUT2D eigenvalue weighted by Gasteiger charge is 2.51. The van der Waals surface area contributed by atoms with Gasteiger partial charge in [-0.3, -0.25) is 57.5 Å².